The number of aliphatic carboxylic acids is 2. The van der Waals surface area contributed by atoms with Gasteiger partial charge in [-0.3, -0.25) is 19.2 Å². The quantitative estimate of drug-likeness (QED) is 0.176. The van der Waals surface area contributed by atoms with Gasteiger partial charge >= 0.3 is 11.9 Å². The number of carboxylic acid groups (broad SMARTS) is 2. The van der Waals surface area contributed by atoms with Crippen LogP contribution in [-0.2, 0) is 30.4 Å². The highest BCUT2D eigenvalue weighted by molar-refractivity contribution is 5.94. The third-order valence-electron chi connectivity index (χ3n) is 5.62. The minimum Gasteiger partial charge on any atom is -0.481 e. The van der Waals surface area contributed by atoms with Gasteiger partial charge in [0.05, 0.1) is 12.1 Å². The molecule has 0 aromatic heterocycles. The fraction of sp³-hybridized carbons (Fsp3) is 0.522. The summed E-state index contributed by atoms with van der Waals surface area (Å²) in [7, 11) is 0. The number of carboxylic acids is 2. The summed E-state index contributed by atoms with van der Waals surface area (Å²) in [5, 5.41) is 38.8. The van der Waals surface area contributed by atoms with Gasteiger partial charge in [-0.2, -0.15) is 0 Å². The Kier molecular flexibility index (Phi) is 10.6. The predicted molar refractivity (Wildman–Crippen MR) is 123 cm³/mol. The molecule has 3 amide bonds. The highest BCUT2D eigenvalue weighted by Gasteiger charge is 2.33. The molecule has 12 nitrogen and oxygen atoms in total. The Morgan fingerprint density at radius 2 is 1.66 bits per heavy atom. The molecule has 0 spiro atoms. The smallest absolute Gasteiger partial charge is 0.326 e. The molecular formula is C23H32N4O8. The van der Waals surface area contributed by atoms with E-state index in [0.29, 0.717) is 18.5 Å². The number of hydrogen-bond acceptors (Lipinski definition) is 7. The highest BCUT2D eigenvalue weighted by Crippen LogP contribution is 2.08. The van der Waals surface area contributed by atoms with E-state index >= 15 is 0 Å². The first-order valence-corrected chi connectivity index (χ1v) is 11.4. The Bertz CT molecular complexity index is 902. The van der Waals surface area contributed by atoms with Crippen molar-refractivity contribution in [1.29, 1.82) is 0 Å². The van der Waals surface area contributed by atoms with Crippen LogP contribution < -0.4 is 21.3 Å². The molecule has 1 aromatic carbocycles. The van der Waals surface area contributed by atoms with E-state index in [2.05, 4.69) is 21.3 Å². The lowest BCUT2D eigenvalue weighted by molar-refractivity contribution is -0.143. The summed E-state index contributed by atoms with van der Waals surface area (Å²) in [5.74, 6) is -4.79. The van der Waals surface area contributed by atoms with Crippen LogP contribution in [0.25, 0.3) is 0 Å². The zero-order valence-electron chi connectivity index (χ0n) is 19.4. The minimum absolute atomic E-state index is 0.0255. The van der Waals surface area contributed by atoms with Crippen molar-refractivity contribution in [2.45, 2.75) is 69.3 Å². The van der Waals surface area contributed by atoms with Crippen molar-refractivity contribution >= 4 is 29.7 Å². The first kappa shape index (κ1) is 27.7. The Labute approximate surface area is 202 Å². The van der Waals surface area contributed by atoms with E-state index in [1.807, 2.05) is 0 Å². The number of nitrogens with one attached hydrogen (secondary N) is 4. The van der Waals surface area contributed by atoms with Crippen LogP contribution in [0.4, 0.5) is 0 Å². The highest BCUT2D eigenvalue weighted by atomic mass is 16.4. The summed E-state index contributed by atoms with van der Waals surface area (Å²) in [5.41, 5.74) is 0.656. The third kappa shape index (κ3) is 8.98. The molecule has 5 atom stereocenters. The zero-order chi connectivity index (χ0) is 26.0. The molecule has 35 heavy (non-hydrogen) atoms. The predicted octanol–water partition coefficient (Wildman–Crippen LogP) is -1.23. The number of carbonyl (C=O) groups is 5. The molecule has 1 aromatic rings. The van der Waals surface area contributed by atoms with Gasteiger partial charge < -0.3 is 36.6 Å². The summed E-state index contributed by atoms with van der Waals surface area (Å²) in [6.45, 7) is 1.94. The van der Waals surface area contributed by atoms with Gasteiger partial charge in [-0.05, 0) is 38.3 Å². The molecule has 0 saturated carbocycles. The van der Waals surface area contributed by atoms with Crippen LogP contribution in [0.1, 0.15) is 38.2 Å². The second kappa shape index (κ2) is 13.4. The van der Waals surface area contributed by atoms with Crippen molar-refractivity contribution in [3.63, 3.8) is 0 Å². The summed E-state index contributed by atoms with van der Waals surface area (Å²) in [4.78, 5) is 60.9. The average molecular weight is 493 g/mol. The molecule has 1 aliphatic heterocycles. The van der Waals surface area contributed by atoms with Gasteiger partial charge in [0.2, 0.25) is 17.7 Å². The van der Waals surface area contributed by atoms with E-state index in [1.54, 1.807) is 30.3 Å². The molecular weight excluding hydrogens is 460 g/mol. The minimum atomic E-state index is -1.40. The Morgan fingerprint density at radius 1 is 1.00 bits per heavy atom. The van der Waals surface area contributed by atoms with Gasteiger partial charge in [-0.15, -0.1) is 0 Å². The molecule has 0 radical (unpaired) electrons. The monoisotopic (exact) mass is 492 g/mol. The van der Waals surface area contributed by atoms with Crippen LogP contribution in [0.3, 0.4) is 0 Å². The number of hydrogen-bond donors (Lipinski definition) is 7. The van der Waals surface area contributed by atoms with Crippen LogP contribution >= 0.6 is 0 Å². The van der Waals surface area contributed by atoms with E-state index in [-0.39, 0.29) is 12.8 Å². The fourth-order valence-corrected chi connectivity index (χ4v) is 3.69. The lowest BCUT2D eigenvalue weighted by Gasteiger charge is -2.26. The number of rotatable bonds is 13. The average Bonchev–Trinajstić information content (AvgIpc) is 3.34. The Morgan fingerprint density at radius 3 is 2.20 bits per heavy atom. The van der Waals surface area contributed by atoms with Crippen LogP contribution in [0.2, 0.25) is 0 Å². The Balaban J connectivity index is 2.11. The third-order valence-corrected chi connectivity index (χ3v) is 5.62. The van der Waals surface area contributed by atoms with Crippen molar-refractivity contribution < 1.29 is 39.3 Å². The molecule has 1 heterocycles. The molecule has 2 rings (SSSR count). The van der Waals surface area contributed by atoms with Gasteiger partial charge in [0.15, 0.2) is 0 Å². The fourth-order valence-electron chi connectivity index (χ4n) is 3.69. The second-order valence-electron chi connectivity index (χ2n) is 8.46. The maximum Gasteiger partial charge on any atom is 0.326 e. The summed E-state index contributed by atoms with van der Waals surface area (Å²) in [6.07, 6.45) is -0.784. The van der Waals surface area contributed by atoms with Gasteiger partial charge in [0, 0.05) is 12.8 Å². The molecule has 12 heteroatoms. The van der Waals surface area contributed by atoms with Crippen LogP contribution in [0.15, 0.2) is 30.3 Å². The van der Waals surface area contributed by atoms with Crippen molar-refractivity contribution in [1.82, 2.24) is 21.3 Å². The summed E-state index contributed by atoms with van der Waals surface area (Å²) in [6, 6.07) is 3.95. The van der Waals surface area contributed by atoms with Crippen molar-refractivity contribution in [3.05, 3.63) is 35.9 Å². The number of carbonyl (C=O) groups excluding carboxylic acids is 3. The standard InChI is InChI=1S/C23H32N4O8/c1-13(28)19(27-20(31)15-8-5-11-24-15)22(33)25-16(9-10-18(29)30)21(32)26-17(23(34)35)12-14-6-3-2-4-7-14/h2-4,6-7,13,15-17,19,24,28H,5,8-12H2,1H3,(H,25,33)(H,26,32)(H,27,31)(H,29,30)(H,34,35). The molecule has 7 N–H and O–H groups in total. The van der Waals surface area contributed by atoms with E-state index < -0.39 is 66.4 Å². The van der Waals surface area contributed by atoms with E-state index in [9.17, 15) is 34.2 Å². The van der Waals surface area contributed by atoms with Crippen molar-refractivity contribution in [2.75, 3.05) is 6.54 Å². The van der Waals surface area contributed by atoms with Crippen LogP contribution in [-0.4, -0.2) is 81.8 Å². The number of benzene rings is 1. The van der Waals surface area contributed by atoms with Gasteiger partial charge in [-0.1, -0.05) is 30.3 Å². The lowest BCUT2D eigenvalue weighted by Crippen LogP contribution is -2.59. The maximum absolute atomic E-state index is 12.9. The van der Waals surface area contributed by atoms with Crippen molar-refractivity contribution in [2.24, 2.45) is 0 Å². The van der Waals surface area contributed by atoms with E-state index in [0.717, 1.165) is 6.42 Å². The molecule has 0 bridgehead atoms. The summed E-state index contributed by atoms with van der Waals surface area (Å²) >= 11 is 0. The van der Waals surface area contributed by atoms with Crippen LogP contribution in [0.5, 0.6) is 0 Å². The number of aliphatic hydroxyl groups is 1. The molecule has 1 aliphatic rings. The summed E-state index contributed by atoms with van der Waals surface area (Å²) < 4.78 is 0. The molecule has 1 fully saturated rings. The molecule has 1 saturated heterocycles. The molecule has 192 valence electrons. The Hall–Kier alpha value is -3.51. The van der Waals surface area contributed by atoms with Gasteiger partial charge in [0.1, 0.15) is 18.1 Å². The SMILES string of the molecule is CC(O)C(NC(=O)C1CCCN1)C(=O)NC(CCC(=O)O)C(=O)NC(Cc1ccccc1)C(=O)O. The topological polar surface area (TPSA) is 194 Å². The number of amides is 3. The van der Waals surface area contributed by atoms with Crippen LogP contribution in [0, 0.1) is 0 Å². The van der Waals surface area contributed by atoms with E-state index in [1.165, 1.54) is 6.92 Å². The lowest BCUT2D eigenvalue weighted by atomic mass is 10.0. The maximum atomic E-state index is 12.9. The van der Waals surface area contributed by atoms with Gasteiger partial charge in [0.25, 0.3) is 0 Å². The normalized spacial score (nSPS) is 18.5. The van der Waals surface area contributed by atoms with Gasteiger partial charge in [-0.25, -0.2) is 4.79 Å². The second-order valence-corrected chi connectivity index (χ2v) is 8.46. The largest absolute Gasteiger partial charge is 0.481 e. The first-order chi connectivity index (χ1) is 16.6. The molecule has 5 unspecified atom stereocenters. The molecule has 0 aliphatic carbocycles. The zero-order valence-corrected chi connectivity index (χ0v) is 19.4. The number of aliphatic hydroxyl groups excluding tert-OH is 1. The van der Waals surface area contributed by atoms with E-state index in [4.69, 9.17) is 5.11 Å². The first-order valence-electron chi connectivity index (χ1n) is 11.4. The van der Waals surface area contributed by atoms with Crippen molar-refractivity contribution in [3.8, 4) is 0 Å².